The zero-order valence-electron chi connectivity index (χ0n) is 11.2. The summed E-state index contributed by atoms with van der Waals surface area (Å²) in [7, 11) is 0. The third kappa shape index (κ3) is 3.32. The van der Waals surface area contributed by atoms with E-state index in [4.69, 9.17) is 4.74 Å². The van der Waals surface area contributed by atoms with Crippen LogP contribution in [0.5, 0.6) is 0 Å². The largest absolute Gasteiger partial charge is 0.381 e. The van der Waals surface area contributed by atoms with Crippen LogP contribution in [0.3, 0.4) is 0 Å². The lowest BCUT2D eigenvalue weighted by Crippen LogP contribution is -2.16. The molecule has 0 aliphatic carbocycles. The SMILES string of the molecule is CCCNc1ncnc(NCC2CCOC2)c1C. The normalized spacial score (nSPS) is 18.9. The number of ether oxygens (including phenoxy) is 1. The second-order valence-corrected chi connectivity index (χ2v) is 4.73. The number of nitrogens with one attached hydrogen (secondary N) is 2. The molecule has 0 radical (unpaired) electrons. The van der Waals surface area contributed by atoms with Gasteiger partial charge in [0.05, 0.1) is 6.61 Å². The van der Waals surface area contributed by atoms with Crippen LogP contribution in [-0.2, 0) is 4.74 Å². The van der Waals surface area contributed by atoms with Gasteiger partial charge < -0.3 is 15.4 Å². The first kappa shape index (κ1) is 13.1. The summed E-state index contributed by atoms with van der Waals surface area (Å²) in [6.45, 7) is 7.80. The van der Waals surface area contributed by atoms with Crippen LogP contribution in [-0.4, -0.2) is 36.3 Å². The molecule has 1 aromatic heterocycles. The first-order valence-corrected chi connectivity index (χ1v) is 6.68. The molecule has 1 unspecified atom stereocenters. The van der Waals surface area contributed by atoms with Gasteiger partial charge in [0.25, 0.3) is 0 Å². The average Bonchev–Trinajstić information content (AvgIpc) is 2.89. The summed E-state index contributed by atoms with van der Waals surface area (Å²) in [5.41, 5.74) is 1.09. The van der Waals surface area contributed by atoms with Gasteiger partial charge >= 0.3 is 0 Å². The average molecular weight is 250 g/mol. The smallest absolute Gasteiger partial charge is 0.134 e. The predicted octanol–water partition coefficient (Wildman–Crippen LogP) is 2.06. The van der Waals surface area contributed by atoms with Crippen LogP contribution in [0.4, 0.5) is 11.6 Å². The summed E-state index contributed by atoms with van der Waals surface area (Å²) >= 11 is 0. The second-order valence-electron chi connectivity index (χ2n) is 4.73. The number of anilines is 2. The Kier molecular flexibility index (Phi) is 4.75. The van der Waals surface area contributed by atoms with Crippen LogP contribution in [0.2, 0.25) is 0 Å². The third-order valence-electron chi connectivity index (χ3n) is 3.21. The molecule has 1 aliphatic rings. The van der Waals surface area contributed by atoms with Crippen LogP contribution in [0.25, 0.3) is 0 Å². The molecule has 0 aromatic carbocycles. The Labute approximate surface area is 108 Å². The minimum atomic E-state index is 0.603. The Bertz CT molecular complexity index is 377. The fourth-order valence-corrected chi connectivity index (χ4v) is 2.04. The van der Waals surface area contributed by atoms with Crippen molar-refractivity contribution in [3.05, 3.63) is 11.9 Å². The number of rotatable bonds is 6. The molecule has 2 heterocycles. The van der Waals surface area contributed by atoms with Gasteiger partial charge in [-0.2, -0.15) is 0 Å². The van der Waals surface area contributed by atoms with E-state index >= 15 is 0 Å². The highest BCUT2D eigenvalue weighted by molar-refractivity contribution is 5.56. The van der Waals surface area contributed by atoms with Crippen molar-refractivity contribution in [2.75, 3.05) is 36.9 Å². The Morgan fingerprint density at radius 1 is 1.33 bits per heavy atom. The van der Waals surface area contributed by atoms with Crippen LogP contribution in [0, 0.1) is 12.8 Å². The number of hydrogen-bond donors (Lipinski definition) is 2. The van der Waals surface area contributed by atoms with Gasteiger partial charge in [0, 0.05) is 31.2 Å². The lowest BCUT2D eigenvalue weighted by Gasteiger charge is -2.14. The van der Waals surface area contributed by atoms with E-state index in [0.29, 0.717) is 5.92 Å². The quantitative estimate of drug-likeness (QED) is 0.809. The molecule has 0 spiro atoms. The highest BCUT2D eigenvalue weighted by Crippen LogP contribution is 2.19. The van der Waals surface area contributed by atoms with Crippen molar-refractivity contribution in [2.45, 2.75) is 26.7 Å². The summed E-state index contributed by atoms with van der Waals surface area (Å²) in [4.78, 5) is 8.57. The predicted molar refractivity (Wildman–Crippen MR) is 73.0 cm³/mol. The van der Waals surface area contributed by atoms with Crippen LogP contribution in [0.15, 0.2) is 6.33 Å². The molecule has 1 saturated heterocycles. The third-order valence-corrected chi connectivity index (χ3v) is 3.21. The fraction of sp³-hybridized carbons (Fsp3) is 0.692. The Hall–Kier alpha value is -1.36. The maximum atomic E-state index is 5.37. The van der Waals surface area contributed by atoms with Crippen molar-refractivity contribution in [3.8, 4) is 0 Å². The molecule has 0 bridgehead atoms. The molecule has 2 N–H and O–H groups in total. The van der Waals surface area contributed by atoms with Gasteiger partial charge in [-0.25, -0.2) is 9.97 Å². The van der Waals surface area contributed by atoms with E-state index in [1.54, 1.807) is 6.33 Å². The van der Waals surface area contributed by atoms with Crippen molar-refractivity contribution in [1.29, 1.82) is 0 Å². The standard InChI is InChI=1S/C13H22N4O/c1-3-5-14-12-10(2)13(17-9-16-12)15-7-11-4-6-18-8-11/h9,11H,3-8H2,1-2H3,(H2,14,15,16,17). The topological polar surface area (TPSA) is 59.1 Å². The lowest BCUT2D eigenvalue weighted by molar-refractivity contribution is 0.187. The molecule has 0 saturated carbocycles. The van der Waals surface area contributed by atoms with E-state index in [0.717, 1.165) is 56.3 Å². The first-order valence-electron chi connectivity index (χ1n) is 6.68. The van der Waals surface area contributed by atoms with Crippen molar-refractivity contribution in [1.82, 2.24) is 9.97 Å². The minimum Gasteiger partial charge on any atom is -0.381 e. The van der Waals surface area contributed by atoms with Gasteiger partial charge in [-0.3, -0.25) is 0 Å². The first-order chi connectivity index (χ1) is 8.81. The number of nitrogens with zero attached hydrogens (tertiary/aromatic N) is 2. The Morgan fingerprint density at radius 2 is 2.11 bits per heavy atom. The minimum absolute atomic E-state index is 0.603. The zero-order valence-corrected chi connectivity index (χ0v) is 11.2. The Balaban J connectivity index is 1.94. The summed E-state index contributed by atoms with van der Waals surface area (Å²) in [5.74, 6) is 2.46. The molecule has 1 aliphatic heterocycles. The molecule has 1 atom stereocenters. The number of hydrogen-bond acceptors (Lipinski definition) is 5. The highest BCUT2D eigenvalue weighted by Gasteiger charge is 2.16. The lowest BCUT2D eigenvalue weighted by atomic mass is 10.1. The summed E-state index contributed by atoms with van der Waals surface area (Å²) < 4.78 is 5.37. The summed E-state index contributed by atoms with van der Waals surface area (Å²) in [5, 5.41) is 6.72. The van der Waals surface area contributed by atoms with Crippen molar-refractivity contribution < 1.29 is 4.74 Å². The van der Waals surface area contributed by atoms with Gasteiger partial charge in [0.2, 0.25) is 0 Å². The van der Waals surface area contributed by atoms with Crippen LogP contribution in [0.1, 0.15) is 25.3 Å². The molecule has 18 heavy (non-hydrogen) atoms. The molecule has 1 aromatic rings. The molecular weight excluding hydrogens is 228 g/mol. The van der Waals surface area contributed by atoms with E-state index in [1.165, 1.54) is 0 Å². The monoisotopic (exact) mass is 250 g/mol. The fourth-order valence-electron chi connectivity index (χ4n) is 2.04. The zero-order chi connectivity index (χ0) is 12.8. The van der Waals surface area contributed by atoms with Gasteiger partial charge in [-0.1, -0.05) is 6.92 Å². The molecule has 5 nitrogen and oxygen atoms in total. The highest BCUT2D eigenvalue weighted by atomic mass is 16.5. The van der Waals surface area contributed by atoms with Gasteiger partial charge in [-0.05, 0) is 19.8 Å². The van der Waals surface area contributed by atoms with Gasteiger partial charge in [0.1, 0.15) is 18.0 Å². The van der Waals surface area contributed by atoms with Gasteiger partial charge in [-0.15, -0.1) is 0 Å². The summed E-state index contributed by atoms with van der Waals surface area (Å²) in [6.07, 6.45) is 3.84. The molecule has 0 amide bonds. The van der Waals surface area contributed by atoms with Crippen molar-refractivity contribution in [3.63, 3.8) is 0 Å². The molecule has 100 valence electrons. The molecule has 5 heteroatoms. The molecule has 2 rings (SSSR count). The van der Waals surface area contributed by atoms with E-state index in [1.807, 2.05) is 6.92 Å². The van der Waals surface area contributed by atoms with E-state index in [2.05, 4.69) is 27.5 Å². The maximum Gasteiger partial charge on any atom is 0.134 e. The van der Waals surface area contributed by atoms with E-state index in [-0.39, 0.29) is 0 Å². The van der Waals surface area contributed by atoms with Gasteiger partial charge in [0.15, 0.2) is 0 Å². The summed E-state index contributed by atoms with van der Waals surface area (Å²) in [6, 6.07) is 0. The van der Waals surface area contributed by atoms with Crippen molar-refractivity contribution >= 4 is 11.6 Å². The maximum absolute atomic E-state index is 5.37. The van der Waals surface area contributed by atoms with Crippen molar-refractivity contribution in [2.24, 2.45) is 5.92 Å². The van der Waals surface area contributed by atoms with E-state index in [9.17, 15) is 0 Å². The molecule has 1 fully saturated rings. The van der Waals surface area contributed by atoms with Crippen LogP contribution >= 0.6 is 0 Å². The van der Waals surface area contributed by atoms with Crippen LogP contribution < -0.4 is 10.6 Å². The molecular formula is C13H22N4O. The number of aromatic nitrogens is 2. The second kappa shape index (κ2) is 6.54. The van der Waals surface area contributed by atoms with E-state index < -0.39 is 0 Å². The Morgan fingerprint density at radius 3 is 2.78 bits per heavy atom.